The van der Waals surface area contributed by atoms with Gasteiger partial charge in [-0.05, 0) is 43.7 Å². The lowest BCUT2D eigenvalue weighted by molar-refractivity contribution is -0.146. The average Bonchev–Trinajstić information content (AvgIpc) is 2.92. The number of pyridine rings is 1. The van der Waals surface area contributed by atoms with Crippen molar-refractivity contribution in [2.75, 3.05) is 20.8 Å². The Morgan fingerprint density at radius 1 is 0.842 bits per heavy atom. The maximum absolute atomic E-state index is 13.7. The van der Waals surface area contributed by atoms with Gasteiger partial charge in [0.05, 0.1) is 31.4 Å². The molecule has 1 fully saturated rings. The zero-order chi connectivity index (χ0) is 28.0. The van der Waals surface area contributed by atoms with E-state index in [1.165, 1.54) is 32.5 Å². The van der Waals surface area contributed by atoms with Gasteiger partial charge in [0.1, 0.15) is 11.6 Å². The number of rotatable bonds is 4. The number of aromatic nitrogens is 1. The molecule has 4 rings (SSSR count). The summed E-state index contributed by atoms with van der Waals surface area (Å²) in [5, 5.41) is 2.99. The maximum atomic E-state index is 13.7. The van der Waals surface area contributed by atoms with Crippen LogP contribution >= 0.6 is 0 Å². The van der Waals surface area contributed by atoms with Crippen molar-refractivity contribution in [3.8, 4) is 11.3 Å². The number of nitrogens with one attached hydrogen (secondary N) is 1. The topological polar surface area (TPSA) is 77.5 Å². The van der Waals surface area contributed by atoms with Crippen LogP contribution in [0.1, 0.15) is 34.8 Å². The van der Waals surface area contributed by atoms with Gasteiger partial charge in [0.25, 0.3) is 0 Å². The minimum absolute atomic E-state index is 0.0132. The normalized spacial score (nSPS) is 16.7. The van der Waals surface area contributed by atoms with E-state index in [1.54, 1.807) is 0 Å². The third kappa shape index (κ3) is 6.68. The first-order chi connectivity index (χ1) is 18.0. The van der Waals surface area contributed by atoms with Gasteiger partial charge in [0.15, 0.2) is 23.3 Å². The lowest BCUT2D eigenvalue weighted by Gasteiger charge is -2.29. The fourth-order valence-electron chi connectivity index (χ4n) is 3.88. The number of benzene rings is 2. The van der Waals surface area contributed by atoms with E-state index in [4.69, 9.17) is 0 Å². The van der Waals surface area contributed by atoms with Crippen LogP contribution in [0.2, 0.25) is 0 Å². The Hall–Kier alpha value is -3.93. The molecule has 2 aromatic carbocycles. The molecule has 0 amide bonds. The molecule has 1 N–H and O–H groups in total. The Balaban J connectivity index is 0.000000211. The van der Waals surface area contributed by atoms with Gasteiger partial charge in [0, 0.05) is 35.5 Å². The van der Waals surface area contributed by atoms with E-state index < -0.39 is 46.9 Å². The molecule has 2 atom stereocenters. The van der Waals surface area contributed by atoms with Gasteiger partial charge in [-0.15, -0.1) is 0 Å². The summed E-state index contributed by atoms with van der Waals surface area (Å²) in [7, 11) is 2.48. The highest BCUT2D eigenvalue weighted by Crippen LogP contribution is 2.30. The van der Waals surface area contributed by atoms with Gasteiger partial charge < -0.3 is 14.8 Å². The first kappa shape index (κ1) is 28.6. The molecule has 0 saturated carbocycles. The molecule has 1 aliphatic rings. The standard InChI is InChI=1S/C13H14F3NO2.C13H8F3NO2/c2*1-19-13(18)7-2-3-17-12(4-7)8-5-10(15)11(16)6-9(8)14/h5-7,12,17H,2-4H2,1H3;2-6H,1H3. The van der Waals surface area contributed by atoms with Crippen LogP contribution in [0.25, 0.3) is 11.3 Å². The lowest BCUT2D eigenvalue weighted by atomic mass is 9.88. The van der Waals surface area contributed by atoms with E-state index in [1.807, 2.05) is 0 Å². The van der Waals surface area contributed by atoms with E-state index in [0.717, 1.165) is 6.07 Å². The van der Waals surface area contributed by atoms with Gasteiger partial charge in [-0.25, -0.2) is 31.1 Å². The number of methoxy groups -OCH3 is 2. The highest BCUT2D eigenvalue weighted by atomic mass is 19.2. The molecular formula is C26H22F6N2O4. The van der Waals surface area contributed by atoms with Crippen molar-refractivity contribution in [2.24, 2.45) is 5.92 Å². The van der Waals surface area contributed by atoms with Gasteiger partial charge in [-0.1, -0.05) is 0 Å². The van der Waals surface area contributed by atoms with Gasteiger partial charge in [-0.3, -0.25) is 9.78 Å². The maximum Gasteiger partial charge on any atom is 0.337 e. The van der Waals surface area contributed by atoms with Gasteiger partial charge >= 0.3 is 11.9 Å². The number of ether oxygens (including phenoxy) is 2. The number of nitrogens with zero attached hydrogens (tertiary/aromatic N) is 1. The number of carbonyl (C=O) groups excluding carboxylic acids is 2. The second-order valence-corrected chi connectivity index (χ2v) is 8.21. The Morgan fingerprint density at radius 2 is 1.47 bits per heavy atom. The number of halogens is 6. The SMILES string of the molecule is COC(=O)C1CCNC(c2cc(F)c(F)cc2F)C1.COC(=O)c1ccnc(-c2cc(F)c(F)cc2F)c1. The summed E-state index contributed by atoms with van der Waals surface area (Å²) < 4.78 is 88.4. The minimum Gasteiger partial charge on any atom is -0.469 e. The summed E-state index contributed by atoms with van der Waals surface area (Å²) in [5.41, 5.74) is -0.0481. The quantitative estimate of drug-likeness (QED) is 0.276. The Labute approximate surface area is 213 Å². The molecule has 202 valence electrons. The number of carbonyl (C=O) groups is 2. The van der Waals surface area contributed by atoms with Crippen LogP contribution < -0.4 is 5.32 Å². The van der Waals surface area contributed by atoms with Crippen molar-refractivity contribution in [3.63, 3.8) is 0 Å². The summed E-state index contributed by atoms with van der Waals surface area (Å²) in [6.45, 7) is 0.489. The molecule has 0 aliphatic carbocycles. The minimum atomic E-state index is -1.29. The van der Waals surface area contributed by atoms with Gasteiger partial charge in [0.2, 0.25) is 0 Å². The zero-order valence-corrected chi connectivity index (χ0v) is 20.2. The first-order valence-electron chi connectivity index (χ1n) is 11.2. The second-order valence-electron chi connectivity index (χ2n) is 8.21. The fourth-order valence-corrected chi connectivity index (χ4v) is 3.88. The van der Waals surface area contributed by atoms with Crippen LogP contribution in [0.4, 0.5) is 26.3 Å². The zero-order valence-electron chi connectivity index (χ0n) is 20.2. The van der Waals surface area contributed by atoms with E-state index in [9.17, 15) is 35.9 Å². The average molecular weight is 540 g/mol. The number of hydrogen-bond donors (Lipinski definition) is 1. The number of piperidine rings is 1. The van der Waals surface area contributed by atoms with Crippen molar-refractivity contribution < 1.29 is 45.4 Å². The molecule has 38 heavy (non-hydrogen) atoms. The van der Waals surface area contributed by atoms with Crippen molar-refractivity contribution in [1.29, 1.82) is 0 Å². The van der Waals surface area contributed by atoms with Crippen LogP contribution in [-0.4, -0.2) is 37.7 Å². The molecular weight excluding hydrogens is 518 g/mol. The van der Waals surface area contributed by atoms with Gasteiger partial charge in [-0.2, -0.15) is 0 Å². The van der Waals surface area contributed by atoms with Crippen molar-refractivity contribution >= 4 is 11.9 Å². The lowest BCUT2D eigenvalue weighted by Crippen LogP contribution is -2.36. The number of hydrogen-bond acceptors (Lipinski definition) is 6. The second kappa shape index (κ2) is 12.5. The first-order valence-corrected chi connectivity index (χ1v) is 11.2. The summed E-state index contributed by atoms with van der Waals surface area (Å²) in [5.74, 6) is -7.94. The van der Waals surface area contributed by atoms with E-state index in [2.05, 4.69) is 19.8 Å². The Bertz CT molecular complexity index is 1340. The van der Waals surface area contributed by atoms with Crippen molar-refractivity contribution in [2.45, 2.75) is 18.9 Å². The molecule has 0 spiro atoms. The molecule has 0 radical (unpaired) electrons. The van der Waals surface area contributed by atoms with E-state index in [-0.39, 0.29) is 34.3 Å². The summed E-state index contributed by atoms with van der Waals surface area (Å²) in [6, 6.07) is 4.56. The summed E-state index contributed by atoms with van der Waals surface area (Å²) in [6.07, 6.45) is 2.13. The monoisotopic (exact) mass is 540 g/mol. The van der Waals surface area contributed by atoms with Crippen LogP contribution in [0.5, 0.6) is 0 Å². The third-order valence-corrected chi connectivity index (χ3v) is 5.82. The van der Waals surface area contributed by atoms with E-state index in [0.29, 0.717) is 37.6 Å². The molecule has 1 aromatic heterocycles. The predicted molar refractivity (Wildman–Crippen MR) is 123 cm³/mol. The van der Waals surface area contributed by atoms with Crippen LogP contribution in [0, 0.1) is 40.8 Å². The molecule has 0 bridgehead atoms. The van der Waals surface area contributed by atoms with E-state index >= 15 is 0 Å². The molecule has 2 unspecified atom stereocenters. The molecule has 3 aromatic rings. The fraction of sp³-hybridized carbons (Fsp3) is 0.269. The number of esters is 2. The molecule has 1 saturated heterocycles. The summed E-state index contributed by atoms with van der Waals surface area (Å²) in [4.78, 5) is 26.6. The van der Waals surface area contributed by atoms with Crippen LogP contribution in [-0.2, 0) is 14.3 Å². The van der Waals surface area contributed by atoms with Crippen LogP contribution in [0.3, 0.4) is 0 Å². The largest absolute Gasteiger partial charge is 0.469 e. The predicted octanol–water partition coefficient (Wildman–Crippen LogP) is 5.27. The third-order valence-electron chi connectivity index (χ3n) is 5.82. The highest BCUT2D eigenvalue weighted by Gasteiger charge is 2.30. The molecule has 1 aliphatic heterocycles. The smallest absolute Gasteiger partial charge is 0.337 e. The summed E-state index contributed by atoms with van der Waals surface area (Å²) >= 11 is 0. The highest BCUT2D eigenvalue weighted by molar-refractivity contribution is 5.90. The van der Waals surface area contributed by atoms with Crippen molar-refractivity contribution in [1.82, 2.24) is 10.3 Å². The molecule has 12 heteroatoms. The van der Waals surface area contributed by atoms with Crippen LogP contribution in [0.15, 0.2) is 42.6 Å². The molecule has 6 nitrogen and oxygen atoms in total. The Morgan fingerprint density at radius 3 is 2.13 bits per heavy atom. The Kier molecular flexibility index (Phi) is 9.45. The molecule has 2 heterocycles. The van der Waals surface area contributed by atoms with Crippen molar-refractivity contribution in [3.05, 3.63) is 88.6 Å².